The van der Waals surface area contributed by atoms with Gasteiger partial charge in [-0.1, -0.05) is 120 Å². The van der Waals surface area contributed by atoms with Gasteiger partial charge >= 0.3 is 0 Å². The van der Waals surface area contributed by atoms with Crippen LogP contribution in [0.25, 0.3) is 0 Å². The van der Waals surface area contributed by atoms with Crippen LogP contribution >= 0.6 is 0 Å². The predicted octanol–water partition coefficient (Wildman–Crippen LogP) is -3.58. The molecule has 11 amide bonds. The second kappa shape index (κ2) is 37.0. The van der Waals surface area contributed by atoms with Crippen LogP contribution in [0.4, 0.5) is 0 Å². The van der Waals surface area contributed by atoms with Crippen molar-refractivity contribution in [2.75, 3.05) is 26.2 Å². The van der Waals surface area contributed by atoms with Gasteiger partial charge in [0.25, 0.3) is 0 Å². The summed E-state index contributed by atoms with van der Waals surface area (Å²) in [4.78, 5) is 162. The highest BCUT2D eigenvalue weighted by Crippen LogP contribution is 2.25. The maximum Gasteiger partial charge on any atom is 0.245 e. The van der Waals surface area contributed by atoms with Crippen LogP contribution in [-0.4, -0.2) is 185 Å². The molecule has 1 aliphatic heterocycles. The van der Waals surface area contributed by atoms with E-state index in [4.69, 9.17) is 22.9 Å². The summed E-state index contributed by atoms with van der Waals surface area (Å²) in [6.45, 7) is 19.9. The Hall–Kier alpha value is -7.54. The van der Waals surface area contributed by atoms with E-state index < -0.39 is 179 Å². The Morgan fingerprint density at radius 2 is 1.17 bits per heavy atom. The van der Waals surface area contributed by atoms with Gasteiger partial charge in [-0.15, -0.1) is 0 Å². The topological polar surface area (TPSA) is 497 Å². The molecule has 1 heterocycles. The first-order chi connectivity index (χ1) is 41.8. The van der Waals surface area contributed by atoms with E-state index >= 15 is 4.79 Å². The minimum atomic E-state index is -2.01. The fraction of sp³-hybridized carbons (Fsp3) is 0.700. The van der Waals surface area contributed by atoms with Crippen molar-refractivity contribution in [1.82, 2.24) is 58.5 Å². The molecule has 1 aromatic rings. The van der Waals surface area contributed by atoms with E-state index in [1.165, 1.54) is 45.0 Å². The molecule has 1 saturated heterocycles. The van der Waals surface area contributed by atoms with E-state index in [0.29, 0.717) is 0 Å². The maximum absolute atomic E-state index is 15.5. The van der Waals surface area contributed by atoms with Crippen LogP contribution in [0.1, 0.15) is 147 Å². The minimum absolute atomic E-state index is 0.0161. The van der Waals surface area contributed by atoms with Crippen LogP contribution in [0.5, 0.6) is 0 Å². The van der Waals surface area contributed by atoms with Crippen molar-refractivity contribution in [3.05, 3.63) is 35.9 Å². The Labute approximate surface area is 528 Å². The molecule has 90 heavy (non-hydrogen) atoms. The molecule has 14 atom stereocenters. The maximum atomic E-state index is 15.5. The molecule has 2 rings (SSSR count). The highest BCUT2D eigenvalue weighted by atomic mass is 16.3. The zero-order chi connectivity index (χ0) is 68.5. The van der Waals surface area contributed by atoms with Crippen LogP contribution in [0, 0.1) is 28.6 Å². The fourth-order valence-corrected chi connectivity index (χ4v) is 9.65. The Balaban J connectivity index is 3.11. The average Bonchev–Trinajstić information content (AvgIpc) is 0.962. The third kappa shape index (κ3) is 26.9. The van der Waals surface area contributed by atoms with Crippen molar-refractivity contribution >= 4 is 70.9 Å². The molecule has 22 N–H and O–H groups in total. The SMILES string of the molecule is CC[C@H](C)[C@@H]1NC(=O)[C@@H](CCCN=C(N)N)NC(=O)[C@H](CC(C)C)NC(=O)[C@H]([C@H](O)C(C)C)NC(=O)[C@@H](NC(=O)[C@H](CC(C)(C)C)NC(=O)[C@H](N)CC(C)(C)C)[C@@H](c2ccccc2)NC(=O)C(CO)NC(=O)[C@H](CCN)NC(=O)CNC(=O)[C@H]([C@H](C)O)NC1=O. The van der Waals surface area contributed by atoms with Crippen molar-refractivity contribution in [2.45, 2.75) is 214 Å². The monoisotopic (exact) mass is 1270 g/mol. The number of hydrogen-bond acceptors (Lipinski definition) is 17. The second-order valence-electron chi connectivity index (χ2n) is 26.3. The molecule has 1 aromatic carbocycles. The number of nitrogens with zero attached hydrogens (tertiary/aromatic N) is 1. The Kier molecular flexibility index (Phi) is 32.3. The zero-order valence-corrected chi connectivity index (χ0v) is 54.5. The lowest BCUT2D eigenvalue weighted by atomic mass is 9.86. The van der Waals surface area contributed by atoms with E-state index in [0.717, 1.165) is 0 Å². The van der Waals surface area contributed by atoms with E-state index in [1.807, 2.05) is 20.8 Å². The first-order valence-corrected chi connectivity index (χ1v) is 30.7. The molecule has 0 spiro atoms. The van der Waals surface area contributed by atoms with Gasteiger partial charge in [-0.2, -0.15) is 0 Å². The van der Waals surface area contributed by atoms with Crippen molar-refractivity contribution in [3.63, 3.8) is 0 Å². The largest absolute Gasteiger partial charge is 0.394 e. The lowest BCUT2D eigenvalue weighted by Crippen LogP contribution is -2.65. The molecule has 0 bridgehead atoms. The van der Waals surface area contributed by atoms with Gasteiger partial charge in [0.15, 0.2) is 5.96 Å². The number of aliphatic hydroxyl groups is 3. The third-order valence-electron chi connectivity index (χ3n) is 14.7. The first-order valence-electron chi connectivity index (χ1n) is 30.7. The summed E-state index contributed by atoms with van der Waals surface area (Å²) >= 11 is 0. The smallest absolute Gasteiger partial charge is 0.245 e. The van der Waals surface area contributed by atoms with Gasteiger partial charge in [-0.25, -0.2) is 0 Å². The number of carbonyl (C=O) groups is 11. The molecule has 1 fully saturated rings. The van der Waals surface area contributed by atoms with E-state index in [2.05, 4.69) is 63.5 Å². The summed E-state index contributed by atoms with van der Waals surface area (Å²) in [7, 11) is 0. The van der Waals surface area contributed by atoms with Gasteiger partial charge in [0.1, 0.15) is 54.4 Å². The van der Waals surface area contributed by atoms with Crippen molar-refractivity contribution < 1.29 is 68.1 Å². The van der Waals surface area contributed by atoms with E-state index in [1.54, 1.807) is 54.5 Å². The van der Waals surface area contributed by atoms with Gasteiger partial charge in [-0.3, -0.25) is 57.7 Å². The number of nitrogens with one attached hydrogen (secondary N) is 11. The number of amides is 11. The number of hydrogen-bond donors (Lipinski definition) is 18. The number of nitrogens with two attached hydrogens (primary N) is 4. The number of guanidine groups is 1. The summed E-state index contributed by atoms with van der Waals surface area (Å²) in [6, 6.07) is -10.1. The van der Waals surface area contributed by atoms with Crippen LogP contribution in [0.15, 0.2) is 35.3 Å². The molecule has 0 radical (unpaired) electrons. The Morgan fingerprint density at radius 1 is 0.644 bits per heavy atom. The molecule has 1 aliphatic rings. The van der Waals surface area contributed by atoms with Crippen LogP contribution < -0.4 is 81.4 Å². The van der Waals surface area contributed by atoms with Gasteiger partial charge < -0.3 is 96.7 Å². The average molecular weight is 1270 g/mol. The normalized spacial score (nSPS) is 24.7. The van der Waals surface area contributed by atoms with Gasteiger partial charge in [0.05, 0.1) is 37.4 Å². The van der Waals surface area contributed by atoms with Crippen LogP contribution in [0.3, 0.4) is 0 Å². The van der Waals surface area contributed by atoms with E-state index in [-0.39, 0.29) is 75.5 Å². The molecule has 30 nitrogen and oxygen atoms in total. The standard InChI is InChI=1S/C60H104N16O14/c1-14-32(6)42-55(88)73-43(33(7)78)54(87)66-28-41(79)67-37(22-23-61)49(82)71-40(29-77)53(86)74-44(34-19-16-15-17-20-34)45(75-52(85)39(27-60(11,12)13)70-48(81)35(62)26-59(8,9)10)56(89)76-46(47(80)31(4)5)57(90)69-38(25-30(2)3)51(84)68-36(50(83)72-42)21-18-24-65-58(63)64/h15-17,19-20,30-33,35-40,42-47,77-78,80H,14,18,21-29,61-62H2,1-13H3,(H,66,87)(H,67,79)(H,68,84)(H,69,90)(H,70,81)(H,71,82)(H,72,83)(H,73,88)(H,74,86)(H,75,85)(H,76,89)(H4,63,64,65)/t32-,33-,35+,36+,37-,38-,39-,40?,42-,43-,44+,45-,46-,47+/m0/s1. The quantitative estimate of drug-likeness (QED) is 0.0321. The molecule has 0 aromatic heterocycles. The Morgan fingerprint density at radius 3 is 1.70 bits per heavy atom. The Bertz CT molecular complexity index is 2610. The molecule has 508 valence electrons. The number of aliphatic imine (C=N–C) groups is 1. The molecule has 0 saturated carbocycles. The molecular formula is C60H104N16O14. The number of aliphatic hydroxyl groups excluding tert-OH is 3. The summed E-state index contributed by atoms with van der Waals surface area (Å²) < 4.78 is 0. The molecule has 0 aliphatic carbocycles. The first kappa shape index (κ1) is 78.6. The number of rotatable bonds is 21. The number of carbonyl (C=O) groups excluding carboxylic acids is 11. The number of benzene rings is 1. The summed E-state index contributed by atoms with van der Waals surface area (Å²) in [5.41, 5.74) is 22.4. The minimum Gasteiger partial charge on any atom is -0.394 e. The highest BCUT2D eigenvalue weighted by Gasteiger charge is 2.43. The summed E-state index contributed by atoms with van der Waals surface area (Å²) in [5, 5.41) is 61.5. The predicted molar refractivity (Wildman–Crippen MR) is 336 cm³/mol. The van der Waals surface area contributed by atoms with E-state index in [9.17, 15) is 63.3 Å². The summed E-state index contributed by atoms with van der Waals surface area (Å²) in [5.74, 6) is -13.2. The van der Waals surface area contributed by atoms with Crippen LogP contribution in [0.2, 0.25) is 0 Å². The van der Waals surface area contributed by atoms with Crippen molar-refractivity contribution in [2.24, 2.45) is 56.5 Å². The lowest BCUT2D eigenvalue weighted by Gasteiger charge is -2.35. The van der Waals surface area contributed by atoms with Gasteiger partial charge in [-0.05, 0) is 86.1 Å². The molecular weight excluding hydrogens is 1170 g/mol. The second-order valence-corrected chi connectivity index (χ2v) is 26.3. The van der Waals surface area contributed by atoms with Gasteiger partial charge in [0, 0.05) is 6.54 Å². The molecule has 30 heteroatoms. The summed E-state index contributed by atoms with van der Waals surface area (Å²) in [6.07, 6.45) is -3.33. The molecule has 1 unspecified atom stereocenters. The zero-order valence-electron chi connectivity index (χ0n) is 54.5. The third-order valence-corrected chi connectivity index (χ3v) is 14.7. The van der Waals surface area contributed by atoms with Crippen molar-refractivity contribution in [3.8, 4) is 0 Å². The highest BCUT2D eigenvalue weighted by molar-refractivity contribution is 6.00. The van der Waals surface area contributed by atoms with Crippen LogP contribution in [-0.2, 0) is 52.7 Å². The fourth-order valence-electron chi connectivity index (χ4n) is 9.65. The van der Waals surface area contributed by atoms with Crippen molar-refractivity contribution in [1.29, 1.82) is 0 Å². The lowest BCUT2D eigenvalue weighted by molar-refractivity contribution is -0.139. The van der Waals surface area contributed by atoms with Gasteiger partial charge in [0.2, 0.25) is 65.0 Å².